The SMILES string of the molecule is COc1cccc(C(O)c2cnc(C)cn2)c1. The molecule has 0 saturated heterocycles. The third-order valence-electron chi connectivity index (χ3n) is 2.49. The third-order valence-corrected chi connectivity index (χ3v) is 2.49. The smallest absolute Gasteiger partial charge is 0.123 e. The van der Waals surface area contributed by atoms with Crippen molar-refractivity contribution in [1.29, 1.82) is 0 Å². The van der Waals surface area contributed by atoms with E-state index in [0.29, 0.717) is 11.4 Å². The molecule has 0 amide bonds. The Morgan fingerprint density at radius 3 is 2.71 bits per heavy atom. The Hall–Kier alpha value is -1.94. The molecule has 17 heavy (non-hydrogen) atoms. The molecule has 0 aliphatic heterocycles. The highest BCUT2D eigenvalue weighted by molar-refractivity contribution is 5.32. The molecule has 1 aromatic heterocycles. The van der Waals surface area contributed by atoms with Crippen molar-refractivity contribution in [3.05, 3.63) is 53.6 Å². The van der Waals surface area contributed by atoms with Crippen LogP contribution in [0.4, 0.5) is 0 Å². The second-order valence-corrected chi connectivity index (χ2v) is 3.76. The van der Waals surface area contributed by atoms with Gasteiger partial charge in [-0.1, -0.05) is 12.1 Å². The second-order valence-electron chi connectivity index (χ2n) is 3.76. The van der Waals surface area contributed by atoms with Gasteiger partial charge < -0.3 is 9.84 Å². The number of hydrogen-bond acceptors (Lipinski definition) is 4. The summed E-state index contributed by atoms with van der Waals surface area (Å²) in [5, 5.41) is 10.1. The van der Waals surface area contributed by atoms with Gasteiger partial charge in [-0.25, -0.2) is 0 Å². The van der Waals surface area contributed by atoms with Gasteiger partial charge in [-0.3, -0.25) is 9.97 Å². The lowest BCUT2D eigenvalue weighted by molar-refractivity contribution is 0.214. The summed E-state index contributed by atoms with van der Waals surface area (Å²) < 4.78 is 5.11. The zero-order chi connectivity index (χ0) is 12.3. The van der Waals surface area contributed by atoms with Crippen LogP contribution in [0.3, 0.4) is 0 Å². The zero-order valence-electron chi connectivity index (χ0n) is 9.79. The minimum Gasteiger partial charge on any atom is -0.497 e. The fourth-order valence-electron chi connectivity index (χ4n) is 1.53. The van der Waals surface area contributed by atoms with Crippen LogP contribution in [0.15, 0.2) is 36.7 Å². The Labute approximate surface area is 99.9 Å². The maximum Gasteiger partial charge on any atom is 0.123 e. The Balaban J connectivity index is 2.29. The summed E-state index contributed by atoms with van der Waals surface area (Å²) in [6.45, 7) is 1.86. The van der Waals surface area contributed by atoms with Gasteiger partial charge in [-0.2, -0.15) is 0 Å². The predicted molar refractivity (Wildman–Crippen MR) is 63.8 cm³/mol. The van der Waals surface area contributed by atoms with Gasteiger partial charge in [0.1, 0.15) is 11.9 Å². The first-order valence-electron chi connectivity index (χ1n) is 5.31. The van der Waals surface area contributed by atoms with Crippen molar-refractivity contribution in [2.45, 2.75) is 13.0 Å². The average Bonchev–Trinajstić information content (AvgIpc) is 2.39. The maximum atomic E-state index is 10.1. The van der Waals surface area contributed by atoms with Gasteiger partial charge in [-0.15, -0.1) is 0 Å². The maximum absolute atomic E-state index is 10.1. The molecule has 1 N–H and O–H groups in total. The Morgan fingerprint density at radius 1 is 1.24 bits per heavy atom. The molecule has 0 bridgehead atoms. The van der Waals surface area contributed by atoms with Crippen molar-refractivity contribution in [3.63, 3.8) is 0 Å². The van der Waals surface area contributed by atoms with Gasteiger partial charge in [-0.05, 0) is 24.6 Å². The molecule has 1 unspecified atom stereocenters. The van der Waals surface area contributed by atoms with E-state index in [-0.39, 0.29) is 0 Å². The van der Waals surface area contributed by atoms with E-state index in [4.69, 9.17) is 4.74 Å². The average molecular weight is 230 g/mol. The van der Waals surface area contributed by atoms with Gasteiger partial charge in [0.2, 0.25) is 0 Å². The molecule has 0 saturated carbocycles. The fraction of sp³-hybridized carbons (Fsp3) is 0.231. The van der Waals surface area contributed by atoms with E-state index < -0.39 is 6.10 Å². The van der Waals surface area contributed by atoms with Gasteiger partial charge in [0.25, 0.3) is 0 Å². The Morgan fingerprint density at radius 2 is 2.06 bits per heavy atom. The van der Waals surface area contributed by atoms with Crippen molar-refractivity contribution >= 4 is 0 Å². The first-order chi connectivity index (χ1) is 8.20. The number of aryl methyl sites for hydroxylation is 1. The first-order valence-corrected chi connectivity index (χ1v) is 5.31. The molecular formula is C13H14N2O2. The normalized spacial score (nSPS) is 12.2. The van der Waals surface area contributed by atoms with E-state index in [1.807, 2.05) is 25.1 Å². The third kappa shape index (κ3) is 2.60. The number of aliphatic hydroxyl groups excluding tert-OH is 1. The number of hydrogen-bond donors (Lipinski definition) is 1. The summed E-state index contributed by atoms with van der Waals surface area (Å²) in [4.78, 5) is 8.27. The number of nitrogens with zero attached hydrogens (tertiary/aromatic N) is 2. The zero-order valence-corrected chi connectivity index (χ0v) is 9.79. The minimum atomic E-state index is -0.779. The fourth-order valence-corrected chi connectivity index (χ4v) is 1.53. The summed E-state index contributed by atoms with van der Waals surface area (Å²) in [6.07, 6.45) is 2.44. The molecule has 2 aromatic rings. The first kappa shape index (κ1) is 11.5. The number of rotatable bonds is 3. The van der Waals surface area contributed by atoms with Crippen LogP contribution in [0, 0.1) is 6.92 Å². The number of aromatic nitrogens is 2. The molecule has 0 spiro atoms. The van der Waals surface area contributed by atoms with Crippen LogP contribution in [-0.4, -0.2) is 22.2 Å². The van der Waals surface area contributed by atoms with Gasteiger partial charge >= 0.3 is 0 Å². The summed E-state index contributed by atoms with van der Waals surface area (Å²) in [5.74, 6) is 0.710. The van der Waals surface area contributed by atoms with Crippen LogP contribution < -0.4 is 4.74 Å². The predicted octanol–water partition coefficient (Wildman–Crippen LogP) is 1.88. The van der Waals surface area contributed by atoms with Gasteiger partial charge in [0.15, 0.2) is 0 Å². The number of aliphatic hydroxyl groups is 1. The van der Waals surface area contributed by atoms with Crippen molar-refractivity contribution in [1.82, 2.24) is 9.97 Å². The lowest BCUT2D eigenvalue weighted by atomic mass is 10.1. The minimum absolute atomic E-state index is 0.531. The number of methoxy groups -OCH3 is 1. The summed E-state index contributed by atoms with van der Waals surface area (Å²) in [7, 11) is 1.59. The van der Waals surface area contributed by atoms with Crippen molar-refractivity contribution in [2.75, 3.05) is 7.11 Å². The lowest BCUT2D eigenvalue weighted by Gasteiger charge is -2.11. The second kappa shape index (κ2) is 4.93. The highest BCUT2D eigenvalue weighted by Crippen LogP contribution is 2.23. The summed E-state index contributed by atoms with van der Waals surface area (Å²) in [6, 6.07) is 7.27. The van der Waals surface area contributed by atoms with Crippen molar-refractivity contribution < 1.29 is 9.84 Å². The standard InChI is InChI=1S/C13H14N2O2/c1-9-7-15-12(8-14-9)13(16)10-4-3-5-11(6-10)17-2/h3-8,13,16H,1-2H3. The summed E-state index contributed by atoms with van der Waals surface area (Å²) in [5.41, 5.74) is 2.10. The largest absolute Gasteiger partial charge is 0.497 e. The highest BCUT2D eigenvalue weighted by atomic mass is 16.5. The van der Waals surface area contributed by atoms with Crippen LogP contribution in [-0.2, 0) is 0 Å². The molecular weight excluding hydrogens is 216 g/mol. The quantitative estimate of drug-likeness (QED) is 0.874. The van der Waals surface area contributed by atoms with Crippen molar-refractivity contribution in [3.8, 4) is 5.75 Å². The van der Waals surface area contributed by atoms with Gasteiger partial charge in [0.05, 0.1) is 24.7 Å². The topological polar surface area (TPSA) is 55.2 Å². The Kier molecular flexibility index (Phi) is 3.35. The van der Waals surface area contributed by atoms with Crippen LogP contribution in [0.2, 0.25) is 0 Å². The Bertz CT molecular complexity index is 497. The number of benzene rings is 1. The highest BCUT2D eigenvalue weighted by Gasteiger charge is 2.12. The molecule has 2 rings (SSSR count). The van der Waals surface area contributed by atoms with E-state index in [1.165, 1.54) is 0 Å². The molecule has 0 aliphatic carbocycles. The molecule has 1 atom stereocenters. The van der Waals surface area contributed by atoms with Crippen LogP contribution in [0.1, 0.15) is 23.1 Å². The van der Waals surface area contributed by atoms with Crippen LogP contribution in [0.25, 0.3) is 0 Å². The molecule has 88 valence electrons. The van der Waals surface area contributed by atoms with E-state index in [0.717, 1.165) is 11.3 Å². The molecule has 0 aliphatic rings. The van der Waals surface area contributed by atoms with E-state index in [2.05, 4.69) is 9.97 Å². The van der Waals surface area contributed by atoms with E-state index in [9.17, 15) is 5.11 Å². The monoisotopic (exact) mass is 230 g/mol. The van der Waals surface area contributed by atoms with Crippen molar-refractivity contribution in [2.24, 2.45) is 0 Å². The molecule has 1 heterocycles. The molecule has 0 fully saturated rings. The molecule has 1 aromatic carbocycles. The van der Waals surface area contributed by atoms with Gasteiger partial charge in [0, 0.05) is 6.20 Å². The number of ether oxygens (including phenoxy) is 1. The summed E-state index contributed by atoms with van der Waals surface area (Å²) >= 11 is 0. The molecule has 4 heteroatoms. The van der Waals surface area contributed by atoms with Crippen LogP contribution >= 0.6 is 0 Å². The lowest BCUT2D eigenvalue weighted by Crippen LogP contribution is -2.03. The van der Waals surface area contributed by atoms with E-state index >= 15 is 0 Å². The molecule has 4 nitrogen and oxygen atoms in total. The van der Waals surface area contributed by atoms with E-state index in [1.54, 1.807) is 25.6 Å². The molecule has 0 radical (unpaired) electrons. The van der Waals surface area contributed by atoms with Crippen LogP contribution in [0.5, 0.6) is 5.75 Å².